The van der Waals surface area contributed by atoms with Crippen molar-refractivity contribution in [2.45, 2.75) is 51.2 Å². The molecular formula is C29H34F3N3O4. The molecule has 1 fully saturated rings. The molecule has 0 amide bonds. The lowest BCUT2D eigenvalue weighted by Crippen LogP contribution is -2.44. The normalized spacial score (nSPS) is 16.4. The number of hydrogen-bond donors (Lipinski definition) is 3. The maximum atomic E-state index is 13.5. The molecule has 0 spiro atoms. The highest BCUT2D eigenvalue weighted by Gasteiger charge is 2.41. The number of pyridine rings is 1. The number of ether oxygens (including phenoxy) is 1. The number of rotatable bonds is 11. The van der Waals surface area contributed by atoms with Crippen LogP contribution in [0.2, 0.25) is 0 Å². The van der Waals surface area contributed by atoms with Gasteiger partial charge in [-0.1, -0.05) is 0 Å². The lowest BCUT2D eigenvalue weighted by molar-refractivity contribution is -0.153. The van der Waals surface area contributed by atoms with Gasteiger partial charge in [-0.2, -0.15) is 0 Å². The highest BCUT2D eigenvalue weighted by molar-refractivity contribution is 5.85. The van der Waals surface area contributed by atoms with E-state index in [1.165, 1.54) is 0 Å². The second-order valence-corrected chi connectivity index (χ2v) is 10.2. The molecule has 7 nitrogen and oxygen atoms in total. The minimum atomic E-state index is -1.47. The SMILES string of the molecule is COc1ccc2ncc(CN)c(C(O)CCC3(C(=O)O)CCN(CCCc4cc(F)c(F)c(F)c4)CC3)c2c1. The maximum absolute atomic E-state index is 13.5. The highest BCUT2D eigenvalue weighted by atomic mass is 19.2. The molecule has 3 aromatic rings. The third-order valence-corrected chi connectivity index (χ3v) is 7.90. The molecule has 0 saturated carbocycles. The molecule has 1 saturated heterocycles. The number of methoxy groups -OCH3 is 1. The second kappa shape index (κ2) is 12.3. The number of carboxylic acids is 1. The number of aliphatic hydroxyl groups is 1. The van der Waals surface area contributed by atoms with E-state index in [0.29, 0.717) is 79.7 Å². The maximum Gasteiger partial charge on any atom is 0.309 e. The van der Waals surface area contributed by atoms with E-state index in [-0.39, 0.29) is 13.0 Å². The summed E-state index contributed by atoms with van der Waals surface area (Å²) >= 11 is 0. The number of halogens is 3. The Kier molecular flexibility index (Phi) is 9.09. The Morgan fingerprint density at radius 3 is 2.49 bits per heavy atom. The molecule has 0 aliphatic carbocycles. The fraction of sp³-hybridized carbons (Fsp3) is 0.448. The summed E-state index contributed by atoms with van der Waals surface area (Å²) < 4.78 is 45.4. The number of carboxylic acid groups (broad SMARTS) is 1. The Morgan fingerprint density at radius 2 is 1.87 bits per heavy atom. The predicted molar refractivity (Wildman–Crippen MR) is 141 cm³/mol. The number of aromatic nitrogens is 1. The summed E-state index contributed by atoms with van der Waals surface area (Å²) in [5, 5.41) is 22.1. The molecular weight excluding hydrogens is 511 g/mol. The van der Waals surface area contributed by atoms with Crippen molar-refractivity contribution in [2.75, 3.05) is 26.7 Å². The van der Waals surface area contributed by atoms with Crippen LogP contribution in [-0.2, 0) is 17.8 Å². The first-order valence-electron chi connectivity index (χ1n) is 13.1. The zero-order chi connectivity index (χ0) is 28.2. The third kappa shape index (κ3) is 6.34. The summed E-state index contributed by atoms with van der Waals surface area (Å²) in [5.41, 5.74) is 7.39. The average Bonchev–Trinajstić information content (AvgIpc) is 2.94. The smallest absolute Gasteiger partial charge is 0.309 e. The highest BCUT2D eigenvalue weighted by Crippen LogP contribution is 2.40. The van der Waals surface area contributed by atoms with Crippen LogP contribution in [0.1, 0.15) is 54.9 Å². The number of benzene rings is 2. The fourth-order valence-electron chi connectivity index (χ4n) is 5.51. The summed E-state index contributed by atoms with van der Waals surface area (Å²) in [4.78, 5) is 18.9. The first kappa shape index (κ1) is 28.8. The summed E-state index contributed by atoms with van der Waals surface area (Å²) in [6.45, 7) is 1.92. The van der Waals surface area contributed by atoms with Gasteiger partial charge >= 0.3 is 5.97 Å². The molecule has 1 unspecified atom stereocenters. The molecule has 1 atom stereocenters. The van der Waals surface area contributed by atoms with Crippen LogP contribution in [-0.4, -0.2) is 52.8 Å². The van der Waals surface area contributed by atoms with Gasteiger partial charge in [0.2, 0.25) is 0 Å². The Morgan fingerprint density at radius 1 is 1.18 bits per heavy atom. The summed E-state index contributed by atoms with van der Waals surface area (Å²) in [5.74, 6) is -4.13. The van der Waals surface area contributed by atoms with Gasteiger partial charge < -0.3 is 25.6 Å². The van der Waals surface area contributed by atoms with Gasteiger partial charge in [0.25, 0.3) is 0 Å². The van der Waals surface area contributed by atoms with E-state index in [2.05, 4.69) is 9.88 Å². The van der Waals surface area contributed by atoms with Crippen LogP contribution in [0.5, 0.6) is 5.75 Å². The van der Waals surface area contributed by atoms with Crippen LogP contribution in [0, 0.1) is 22.9 Å². The Hall–Kier alpha value is -3.21. The molecule has 0 bridgehead atoms. The molecule has 4 rings (SSSR count). The molecule has 4 N–H and O–H groups in total. The minimum absolute atomic E-state index is 0.183. The van der Waals surface area contributed by atoms with Crippen LogP contribution in [0.4, 0.5) is 13.2 Å². The summed E-state index contributed by atoms with van der Waals surface area (Å²) in [6.07, 6.45) is 3.09. The first-order chi connectivity index (χ1) is 18.7. The molecule has 10 heteroatoms. The van der Waals surface area contributed by atoms with Crippen LogP contribution in [0.15, 0.2) is 36.5 Å². The molecule has 1 aromatic heterocycles. The van der Waals surface area contributed by atoms with E-state index in [1.54, 1.807) is 25.4 Å². The van der Waals surface area contributed by atoms with E-state index >= 15 is 0 Å². The Balaban J connectivity index is 1.38. The zero-order valence-corrected chi connectivity index (χ0v) is 21.9. The van der Waals surface area contributed by atoms with Crippen LogP contribution in [0.25, 0.3) is 10.9 Å². The molecule has 210 valence electrons. The Bertz CT molecular complexity index is 1300. The van der Waals surface area contributed by atoms with Crippen molar-refractivity contribution in [1.29, 1.82) is 0 Å². The van der Waals surface area contributed by atoms with Crippen LogP contribution in [0.3, 0.4) is 0 Å². The predicted octanol–water partition coefficient (Wildman–Crippen LogP) is 4.73. The summed E-state index contributed by atoms with van der Waals surface area (Å²) in [7, 11) is 1.56. The standard InChI is InChI=1S/C29H34F3N3O4/c1-39-20-4-5-24-21(15-20)26(19(16-33)17-34-24)25(36)6-7-29(28(37)38)8-11-35(12-9-29)10-2-3-18-13-22(30)27(32)23(31)14-18/h4-5,13-15,17,25,36H,2-3,6-12,16,33H2,1H3,(H,37,38). The van der Waals surface area contributed by atoms with Crippen LogP contribution >= 0.6 is 0 Å². The number of likely N-dealkylation sites (tertiary alicyclic amines) is 1. The van der Waals surface area contributed by atoms with Crippen molar-refractivity contribution in [3.05, 3.63) is 70.7 Å². The molecule has 2 aromatic carbocycles. The number of carbonyl (C=O) groups is 1. The van der Waals surface area contributed by atoms with E-state index in [4.69, 9.17) is 10.5 Å². The third-order valence-electron chi connectivity index (χ3n) is 7.90. The number of fused-ring (bicyclic) bond motifs is 1. The molecule has 1 aliphatic rings. The van der Waals surface area contributed by atoms with Crippen molar-refractivity contribution < 1.29 is 32.9 Å². The van der Waals surface area contributed by atoms with Crippen molar-refractivity contribution in [2.24, 2.45) is 11.1 Å². The number of piperidine rings is 1. The van der Waals surface area contributed by atoms with Crippen LogP contribution < -0.4 is 10.5 Å². The van der Waals surface area contributed by atoms with Gasteiger partial charge in [-0.3, -0.25) is 9.78 Å². The fourth-order valence-corrected chi connectivity index (χ4v) is 5.51. The van der Waals surface area contributed by atoms with Gasteiger partial charge in [-0.15, -0.1) is 0 Å². The Labute approximate surface area is 225 Å². The second-order valence-electron chi connectivity index (χ2n) is 10.2. The van der Waals surface area contributed by atoms with Crippen molar-refractivity contribution in [1.82, 2.24) is 9.88 Å². The van der Waals surface area contributed by atoms with Gasteiger partial charge in [0.1, 0.15) is 5.75 Å². The van der Waals surface area contributed by atoms with E-state index in [1.807, 2.05) is 6.07 Å². The number of aliphatic hydroxyl groups excluding tert-OH is 1. The van der Waals surface area contributed by atoms with Gasteiger partial charge in [-0.25, -0.2) is 13.2 Å². The first-order valence-corrected chi connectivity index (χ1v) is 13.1. The summed E-state index contributed by atoms with van der Waals surface area (Å²) in [6, 6.07) is 7.42. The topological polar surface area (TPSA) is 109 Å². The molecule has 39 heavy (non-hydrogen) atoms. The van der Waals surface area contributed by atoms with Crippen molar-refractivity contribution >= 4 is 16.9 Å². The van der Waals surface area contributed by atoms with Crippen molar-refractivity contribution in [3.8, 4) is 5.75 Å². The zero-order valence-electron chi connectivity index (χ0n) is 21.9. The quantitative estimate of drug-likeness (QED) is 0.299. The van der Waals surface area contributed by atoms with E-state index in [0.717, 1.165) is 17.5 Å². The average molecular weight is 546 g/mol. The molecule has 2 heterocycles. The lowest BCUT2D eigenvalue weighted by atomic mass is 9.73. The van der Waals surface area contributed by atoms with Gasteiger partial charge in [0.15, 0.2) is 17.5 Å². The lowest BCUT2D eigenvalue weighted by Gasteiger charge is -2.39. The molecule has 0 radical (unpaired) electrons. The number of hydrogen-bond acceptors (Lipinski definition) is 6. The molecule has 1 aliphatic heterocycles. The minimum Gasteiger partial charge on any atom is -0.497 e. The van der Waals surface area contributed by atoms with Gasteiger partial charge in [0, 0.05) is 18.1 Å². The van der Waals surface area contributed by atoms with E-state index in [9.17, 15) is 28.2 Å². The number of nitrogens with two attached hydrogens (primary N) is 1. The van der Waals surface area contributed by atoms with Crippen molar-refractivity contribution in [3.63, 3.8) is 0 Å². The van der Waals surface area contributed by atoms with E-state index < -0.39 is 34.9 Å². The van der Waals surface area contributed by atoms with Gasteiger partial charge in [0.05, 0.1) is 24.1 Å². The van der Waals surface area contributed by atoms with Gasteiger partial charge in [-0.05, 0) is 105 Å². The monoisotopic (exact) mass is 545 g/mol. The number of nitrogens with zero attached hydrogens (tertiary/aromatic N) is 2. The number of aliphatic carboxylic acids is 1. The largest absolute Gasteiger partial charge is 0.497 e. The number of aryl methyl sites for hydroxylation is 1.